The normalized spacial score (nSPS) is 16.2. The van der Waals surface area contributed by atoms with Crippen molar-refractivity contribution in [3.63, 3.8) is 0 Å². The molecular weight excluding hydrogens is 393 g/mol. The molecule has 1 amide bonds. The third kappa shape index (κ3) is 3.77. The lowest BCUT2D eigenvalue weighted by Crippen LogP contribution is -2.33. The fourth-order valence-corrected chi connectivity index (χ4v) is 4.55. The molecule has 0 aliphatic heterocycles. The summed E-state index contributed by atoms with van der Waals surface area (Å²) in [6.07, 6.45) is 6.80. The van der Waals surface area contributed by atoms with Crippen LogP contribution in [0.15, 0.2) is 23.6 Å². The third-order valence-electron chi connectivity index (χ3n) is 4.29. The number of nitrogens with one attached hydrogen (secondary N) is 1. The van der Waals surface area contributed by atoms with E-state index in [9.17, 15) is 4.79 Å². The zero-order valence-corrected chi connectivity index (χ0v) is 15.0. The van der Waals surface area contributed by atoms with Crippen LogP contribution in [-0.4, -0.2) is 12.5 Å². The minimum Gasteiger partial charge on any atom is -0.356 e. The molecule has 0 radical (unpaired) electrons. The highest BCUT2D eigenvalue weighted by molar-refractivity contribution is 14.1. The van der Waals surface area contributed by atoms with Gasteiger partial charge in [-0.05, 0) is 76.4 Å². The van der Waals surface area contributed by atoms with Crippen LogP contribution in [0.2, 0.25) is 0 Å². The summed E-state index contributed by atoms with van der Waals surface area (Å²) >= 11 is 4.15. The Labute approximate surface area is 143 Å². The van der Waals surface area contributed by atoms with Crippen LogP contribution in [-0.2, 0) is 11.2 Å². The third-order valence-corrected chi connectivity index (χ3v) is 5.97. The first-order valence-corrected chi connectivity index (χ1v) is 9.63. The second-order valence-corrected chi connectivity index (χ2v) is 7.93. The highest BCUT2D eigenvalue weighted by Crippen LogP contribution is 2.28. The molecule has 0 atom stereocenters. The number of rotatable bonds is 4. The van der Waals surface area contributed by atoms with Gasteiger partial charge in [-0.25, -0.2) is 0 Å². The maximum atomic E-state index is 12.1. The van der Waals surface area contributed by atoms with Crippen molar-refractivity contribution in [3.05, 3.63) is 32.7 Å². The van der Waals surface area contributed by atoms with Gasteiger partial charge < -0.3 is 5.32 Å². The van der Waals surface area contributed by atoms with Crippen LogP contribution in [0.25, 0.3) is 10.1 Å². The zero-order chi connectivity index (χ0) is 14.7. The molecule has 1 aliphatic carbocycles. The standard InChI is InChI=1S/C17H20INOS/c18-14-6-7-16-15(10-14)13(11-21-16)8-9-19-17(20)12-4-2-1-3-5-12/h6-7,10-12H,1-5,8-9H2,(H,19,20). The number of carbonyl (C=O) groups excluding carboxylic acids is 1. The van der Waals surface area contributed by atoms with E-state index in [1.54, 1.807) is 11.3 Å². The highest BCUT2D eigenvalue weighted by atomic mass is 127. The Hall–Kier alpha value is -0.620. The van der Waals surface area contributed by atoms with Gasteiger partial charge in [-0.15, -0.1) is 11.3 Å². The monoisotopic (exact) mass is 413 g/mol. The van der Waals surface area contributed by atoms with E-state index in [4.69, 9.17) is 0 Å². The van der Waals surface area contributed by atoms with Crippen molar-refractivity contribution in [2.45, 2.75) is 38.5 Å². The van der Waals surface area contributed by atoms with Crippen molar-refractivity contribution in [3.8, 4) is 0 Å². The summed E-state index contributed by atoms with van der Waals surface area (Å²) in [4.78, 5) is 12.1. The molecule has 4 heteroatoms. The summed E-state index contributed by atoms with van der Waals surface area (Å²) in [6, 6.07) is 6.57. The molecule has 0 unspecified atom stereocenters. The van der Waals surface area contributed by atoms with Crippen LogP contribution in [0.4, 0.5) is 0 Å². The van der Waals surface area contributed by atoms with Crippen LogP contribution < -0.4 is 5.32 Å². The van der Waals surface area contributed by atoms with Crippen LogP contribution in [0.5, 0.6) is 0 Å². The lowest BCUT2D eigenvalue weighted by molar-refractivity contribution is -0.125. The summed E-state index contributed by atoms with van der Waals surface area (Å²) in [5.41, 5.74) is 1.36. The van der Waals surface area contributed by atoms with Gasteiger partial charge in [0.2, 0.25) is 5.91 Å². The SMILES string of the molecule is O=C(NCCc1csc2ccc(I)cc12)C1CCCCC1. The van der Waals surface area contributed by atoms with Gasteiger partial charge in [-0.1, -0.05) is 19.3 Å². The van der Waals surface area contributed by atoms with Crippen molar-refractivity contribution in [2.75, 3.05) is 6.54 Å². The van der Waals surface area contributed by atoms with Gasteiger partial charge in [0.15, 0.2) is 0 Å². The van der Waals surface area contributed by atoms with Gasteiger partial charge in [0.25, 0.3) is 0 Å². The molecule has 2 aromatic rings. The number of hydrogen-bond acceptors (Lipinski definition) is 2. The van der Waals surface area contributed by atoms with E-state index >= 15 is 0 Å². The molecule has 1 aromatic heterocycles. The fraction of sp³-hybridized carbons (Fsp3) is 0.471. The molecule has 1 N–H and O–H groups in total. The summed E-state index contributed by atoms with van der Waals surface area (Å²) in [7, 11) is 0. The lowest BCUT2D eigenvalue weighted by Gasteiger charge is -2.20. The largest absolute Gasteiger partial charge is 0.356 e. The first-order valence-electron chi connectivity index (χ1n) is 7.67. The smallest absolute Gasteiger partial charge is 0.223 e. The molecule has 1 aromatic carbocycles. The summed E-state index contributed by atoms with van der Waals surface area (Å²) < 4.78 is 2.61. The summed E-state index contributed by atoms with van der Waals surface area (Å²) in [5.74, 6) is 0.530. The van der Waals surface area contributed by atoms with E-state index in [0.717, 1.165) is 25.8 Å². The van der Waals surface area contributed by atoms with Crippen molar-refractivity contribution < 1.29 is 4.79 Å². The van der Waals surface area contributed by atoms with Gasteiger partial charge in [0, 0.05) is 20.7 Å². The van der Waals surface area contributed by atoms with Gasteiger partial charge in [0.05, 0.1) is 0 Å². The predicted molar refractivity (Wildman–Crippen MR) is 97.8 cm³/mol. The van der Waals surface area contributed by atoms with Crippen molar-refractivity contribution in [2.24, 2.45) is 5.92 Å². The molecule has 0 saturated heterocycles. The lowest BCUT2D eigenvalue weighted by atomic mass is 9.88. The zero-order valence-electron chi connectivity index (χ0n) is 12.0. The average molecular weight is 413 g/mol. The average Bonchev–Trinajstić information content (AvgIpc) is 2.90. The molecular formula is C17H20INOS. The number of fused-ring (bicyclic) bond motifs is 1. The Morgan fingerprint density at radius 2 is 2.10 bits per heavy atom. The van der Waals surface area contributed by atoms with E-state index < -0.39 is 0 Å². The maximum Gasteiger partial charge on any atom is 0.223 e. The molecule has 1 heterocycles. The number of carbonyl (C=O) groups is 1. The Morgan fingerprint density at radius 1 is 1.29 bits per heavy atom. The van der Waals surface area contributed by atoms with E-state index in [1.807, 2.05) is 0 Å². The number of thiophene rings is 1. The second-order valence-electron chi connectivity index (χ2n) is 5.78. The molecule has 0 bridgehead atoms. The Kier molecular flexibility index (Phi) is 5.16. The maximum absolute atomic E-state index is 12.1. The predicted octanol–water partition coefficient (Wildman–Crippen LogP) is 4.74. The minimum atomic E-state index is 0.263. The van der Waals surface area contributed by atoms with Gasteiger partial charge >= 0.3 is 0 Å². The van der Waals surface area contributed by atoms with Gasteiger partial charge in [0.1, 0.15) is 0 Å². The van der Waals surface area contributed by atoms with Crippen molar-refractivity contribution in [1.29, 1.82) is 0 Å². The molecule has 3 rings (SSSR count). The van der Waals surface area contributed by atoms with E-state index in [2.05, 4.69) is 51.5 Å². The first kappa shape index (κ1) is 15.3. The summed E-state index contributed by atoms with van der Waals surface area (Å²) in [5, 5.41) is 6.71. The van der Waals surface area contributed by atoms with Gasteiger partial charge in [-0.3, -0.25) is 4.79 Å². The molecule has 1 saturated carbocycles. The molecule has 2 nitrogen and oxygen atoms in total. The molecule has 112 valence electrons. The number of amides is 1. The van der Waals surface area contributed by atoms with E-state index in [-0.39, 0.29) is 11.8 Å². The Bertz CT molecular complexity index is 631. The molecule has 1 aliphatic rings. The van der Waals surface area contributed by atoms with E-state index in [1.165, 1.54) is 38.5 Å². The fourth-order valence-electron chi connectivity index (χ4n) is 3.08. The molecule has 1 fully saturated rings. The van der Waals surface area contributed by atoms with E-state index in [0.29, 0.717) is 0 Å². The molecule has 21 heavy (non-hydrogen) atoms. The number of benzene rings is 1. The number of hydrogen-bond donors (Lipinski definition) is 1. The Morgan fingerprint density at radius 3 is 2.90 bits per heavy atom. The van der Waals surface area contributed by atoms with Crippen LogP contribution in [0.3, 0.4) is 0 Å². The number of halogens is 1. The van der Waals surface area contributed by atoms with Crippen LogP contribution in [0.1, 0.15) is 37.7 Å². The van der Waals surface area contributed by atoms with Crippen molar-refractivity contribution in [1.82, 2.24) is 5.32 Å². The second kappa shape index (κ2) is 7.09. The summed E-state index contributed by atoms with van der Waals surface area (Å²) in [6.45, 7) is 0.757. The molecule has 0 spiro atoms. The van der Waals surface area contributed by atoms with Crippen LogP contribution >= 0.6 is 33.9 Å². The highest BCUT2D eigenvalue weighted by Gasteiger charge is 2.20. The van der Waals surface area contributed by atoms with Crippen LogP contribution in [0, 0.1) is 9.49 Å². The Balaban J connectivity index is 1.56. The van der Waals surface area contributed by atoms with Gasteiger partial charge in [-0.2, -0.15) is 0 Å². The van der Waals surface area contributed by atoms with Crippen molar-refractivity contribution >= 4 is 49.9 Å². The minimum absolute atomic E-state index is 0.263. The quantitative estimate of drug-likeness (QED) is 0.721. The topological polar surface area (TPSA) is 29.1 Å². The first-order chi connectivity index (χ1) is 10.2.